The highest BCUT2D eigenvalue weighted by Gasteiger charge is 2.39. The zero-order valence-corrected chi connectivity index (χ0v) is 14.3. The number of nitrogens with zero attached hydrogens (tertiary/aromatic N) is 3. The average molecular weight is 348 g/mol. The van der Waals surface area contributed by atoms with Crippen LogP contribution in [0.5, 0.6) is 0 Å². The van der Waals surface area contributed by atoms with Crippen molar-refractivity contribution in [1.29, 1.82) is 0 Å². The Labute approximate surface area is 144 Å². The van der Waals surface area contributed by atoms with Crippen LogP contribution in [0.25, 0.3) is 11.0 Å². The van der Waals surface area contributed by atoms with Crippen LogP contribution in [-0.2, 0) is 15.3 Å². The number of halogens is 1. The van der Waals surface area contributed by atoms with Crippen LogP contribution in [0.15, 0.2) is 23.5 Å². The molecule has 1 fully saturated rings. The summed E-state index contributed by atoms with van der Waals surface area (Å²) in [5.74, 6) is -1.13. The van der Waals surface area contributed by atoms with Gasteiger partial charge in [-0.05, 0) is 36.9 Å². The number of hydrogen-bond acceptors (Lipinski definition) is 5. The van der Waals surface area contributed by atoms with Gasteiger partial charge in [0.25, 0.3) is 11.3 Å². The van der Waals surface area contributed by atoms with Crippen molar-refractivity contribution in [2.45, 2.75) is 51.4 Å². The van der Waals surface area contributed by atoms with Gasteiger partial charge in [0.15, 0.2) is 0 Å². The van der Waals surface area contributed by atoms with E-state index in [0.29, 0.717) is 11.2 Å². The van der Waals surface area contributed by atoms with E-state index < -0.39 is 5.79 Å². The lowest BCUT2D eigenvalue weighted by molar-refractivity contribution is -0.134. The van der Waals surface area contributed by atoms with E-state index in [4.69, 9.17) is 21.1 Å². The maximum Gasteiger partial charge on any atom is 0.279 e. The molecule has 3 heterocycles. The van der Waals surface area contributed by atoms with Crippen molar-refractivity contribution in [2.24, 2.45) is 0 Å². The van der Waals surface area contributed by atoms with Crippen LogP contribution < -0.4 is 5.56 Å². The minimum absolute atomic E-state index is 0.114. The number of pyridine rings is 1. The normalized spacial score (nSPS) is 19.6. The highest BCUT2D eigenvalue weighted by molar-refractivity contribution is 6.28. The first-order chi connectivity index (χ1) is 11.5. The minimum atomic E-state index is -1.13. The van der Waals surface area contributed by atoms with Crippen LogP contribution in [-0.4, -0.2) is 14.5 Å². The standard InChI is InChI=1S/C17H18ClN3O3/c1-10-12-9-19-16(18)20-14(12)21(11-5-3-4-6-11)15(22)13(10)17(2)23-7-8-24-17/h7-9,11H,3-6H2,1-2H3. The van der Waals surface area contributed by atoms with E-state index in [9.17, 15) is 4.79 Å². The predicted octanol–water partition coefficient (Wildman–Crippen LogP) is 3.56. The Bertz CT molecular complexity index is 892. The molecule has 1 saturated carbocycles. The van der Waals surface area contributed by atoms with Crippen molar-refractivity contribution in [2.75, 3.05) is 0 Å². The number of ether oxygens (including phenoxy) is 2. The molecule has 2 aliphatic rings. The van der Waals surface area contributed by atoms with Gasteiger partial charge in [-0.25, -0.2) is 4.98 Å². The van der Waals surface area contributed by atoms with Gasteiger partial charge in [0.05, 0.1) is 0 Å². The second kappa shape index (κ2) is 5.48. The number of fused-ring (bicyclic) bond motifs is 1. The van der Waals surface area contributed by atoms with Crippen molar-refractivity contribution in [3.05, 3.63) is 45.5 Å². The molecule has 6 nitrogen and oxygen atoms in total. The topological polar surface area (TPSA) is 66.2 Å². The first-order valence-corrected chi connectivity index (χ1v) is 8.47. The van der Waals surface area contributed by atoms with E-state index in [1.165, 1.54) is 12.5 Å². The van der Waals surface area contributed by atoms with E-state index in [2.05, 4.69) is 9.97 Å². The van der Waals surface area contributed by atoms with Gasteiger partial charge >= 0.3 is 0 Å². The number of aryl methyl sites for hydroxylation is 1. The molecule has 0 spiro atoms. The maximum absolute atomic E-state index is 13.4. The Morgan fingerprint density at radius 1 is 1.29 bits per heavy atom. The Morgan fingerprint density at radius 3 is 2.62 bits per heavy atom. The van der Waals surface area contributed by atoms with E-state index in [1.54, 1.807) is 17.7 Å². The molecular formula is C17H18ClN3O3. The van der Waals surface area contributed by atoms with Gasteiger partial charge in [-0.2, -0.15) is 4.98 Å². The van der Waals surface area contributed by atoms with Crippen LogP contribution in [0.3, 0.4) is 0 Å². The monoisotopic (exact) mass is 347 g/mol. The minimum Gasteiger partial charge on any atom is -0.453 e. The van der Waals surface area contributed by atoms with Crippen molar-refractivity contribution in [3.8, 4) is 0 Å². The second-order valence-electron chi connectivity index (χ2n) is 6.44. The predicted molar refractivity (Wildman–Crippen MR) is 89.7 cm³/mol. The Balaban J connectivity index is 2.07. The van der Waals surface area contributed by atoms with E-state index in [0.717, 1.165) is 36.6 Å². The second-order valence-corrected chi connectivity index (χ2v) is 6.78. The van der Waals surface area contributed by atoms with Crippen molar-refractivity contribution in [3.63, 3.8) is 0 Å². The van der Waals surface area contributed by atoms with Gasteiger partial charge in [0, 0.05) is 24.5 Å². The van der Waals surface area contributed by atoms with E-state index in [1.807, 2.05) is 6.92 Å². The van der Waals surface area contributed by atoms with Gasteiger partial charge in [-0.15, -0.1) is 0 Å². The molecule has 0 saturated heterocycles. The summed E-state index contributed by atoms with van der Waals surface area (Å²) in [6.07, 6.45) is 8.70. The first kappa shape index (κ1) is 15.4. The lowest BCUT2D eigenvalue weighted by atomic mass is 10.00. The largest absolute Gasteiger partial charge is 0.453 e. The van der Waals surface area contributed by atoms with E-state index >= 15 is 0 Å². The molecule has 0 bridgehead atoms. The molecular weight excluding hydrogens is 330 g/mol. The van der Waals surface area contributed by atoms with Gasteiger partial charge in [0.2, 0.25) is 5.28 Å². The third kappa shape index (κ3) is 2.20. The fourth-order valence-corrected chi connectivity index (χ4v) is 3.94. The summed E-state index contributed by atoms with van der Waals surface area (Å²) in [5, 5.41) is 0.934. The Morgan fingerprint density at radius 2 is 1.96 bits per heavy atom. The molecule has 1 aliphatic carbocycles. The first-order valence-electron chi connectivity index (χ1n) is 8.10. The number of aromatic nitrogens is 3. The summed E-state index contributed by atoms with van der Waals surface area (Å²) in [7, 11) is 0. The Kier molecular flexibility index (Phi) is 3.53. The van der Waals surface area contributed by atoms with Crippen LogP contribution in [0.1, 0.15) is 49.8 Å². The molecule has 24 heavy (non-hydrogen) atoms. The third-order valence-corrected chi connectivity index (χ3v) is 5.15. The summed E-state index contributed by atoms with van der Waals surface area (Å²) in [6, 6.07) is 0.114. The van der Waals surface area contributed by atoms with Crippen LogP contribution >= 0.6 is 11.6 Å². The van der Waals surface area contributed by atoms with Crippen molar-refractivity contribution < 1.29 is 9.47 Å². The SMILES string of the molecule is Cc1c(C2(C)OC=CO2)c(=O)n(C2CCCC2)c2nc(Cl)ncc12. The van der Waals surface area contributed by atoms with Gasteiger partial charge in [-0.1, -0.05) is 12.8 Å². The van der Waals surface area contributed by atoms with Gasteiger partial charge < -0.3 is 9.47 Å². The summed E-state index contributed by atoms with van der Waals surface area (Å²) in [6.45, 7) is 3.62. The third-order valence-electron chi connectivity index (χ3n) is 4.96. The smallest absolute Gasteiger partial charge is 0.279 e. The zero-order chi connectivity index (χ0) is 16.9. The summed E-state index contributed by atoms with van der Waals surface area (Å²) >= 11 is 6.00. The molecule has 2 aromatic heterocycles. The fraction of sp³-hybridized carbons (Fsp3) is 0.471. The molecule has 2 aromatic rings. The molecule has 0 amide bonds. The highest BCUT2D eigenvalue weighted by atomic mass is 35.5. The molecule has 4 rings (SSSR count). The molecule has 0 aromatic carbocycles. The summed E-state index contributed by atoms with van der Waals surface area (Å²) < 4.78 is 12.9. The van der Waals surface area contributed by atoms with Crippen LogP contribution in [0.2, 0.25) is 5.28 Å². The van der Waals surface area contributed by atoms with Crippen LogP contribution in [0, 0.1) is 6.92 Å². The summed E-state index contributed by atoms with van der Waals surface area (Å²) in [5.41, 5.74) is 1.69. The molecule has 7 heteroatoms. The zero-order valence-electron chi connectivity index (χ0n) is 13.6. The average Bonchev–Trinajstić information content (AvgIpc) is 3.19. The van der Waals surface area contributed by atoms with E-state index in [-0.39, 0.29) is 16.9 Å². The molecule has 0 radical (unpaired) electrons. The highest BCUT2D eigenvalue weighted by Crippen LogP contribution is 2.36. The van der Waals surface area contributed by atoms with Crippen molar-refractivity contribution in [1.82, 2.24) is 14.5 Å². The van der Waals surface area contributed by atoms with Gasteiger partial charge in [0.1, 0.15) is 23.7 Å². The van der Waals surface area contributed by atoms with Gasteiger partial charge in [-0.3, -0.25) is 9.36 Å². The Hall–Kier alpha value is -2.08. The summed E-state index contributed by atoms with van der Waals surface area (Å²) in [4.78, 5) is 21.8. The van der Waals surface area contributed by atoms with Crippen LogP contribution in [0.4, 0.5) is 0 Å². The lowest BCUT2D eigenvalue weighted by Gasteiger charge is -2.27. The number of hydrogen-bond donors (Lipinski definition) is 0. The molecule has 0 unspecified atom stereocenters. The quantitative estimate of drug-likeness (QED) is 0.777. The fourth-order valence-electron chi connectivity index (χ4n) is 3.81. The van der Waals surface area contributed by atoms with Crippen molar-refractivity contribution >= 4 is 22.6 Å². The molecule has 0 N–H and O–H groups in total. The molecule has 1 aliphatic heterocycles. The maximum atomic E-state index is 13.4. The molecule has 0 atom stereocenters. The molecule has 126 valence electrons. The number of rotatable bonds is 2. The lowest BCUT2D eigenvalue weighted by Crippen LogP contribution is -2.37.